The summed E-state index contributed by atoms with van der Waals surface area (Å²) in [5.41, 5.74) is 1.46. The number of methoxy groups -OCH3 is 1. The number of hydrogen-bond donors (Lipinski definition) is 2. The number of nitrogens with zero attached hydrogens (tertiary/aromatic N) is 1. The smallest absolute Gasteiger partial charge is 0.255 e. The molecule has 0 radical (unpaired) electrons. The molecule has 3 rings (SSSR count). The summed E-state index contributed by atoms with van der Waals surface area (Å²) in [5, 5.41) is 13.5. The fourth-order valence-corrected chi connectivity index (χ4v) is 3.82. The first kappa shape index (κ1) is 20.9. The summed E-state index contributed by atoms with van der Waals surface area (Å²) < 4.78 is 16.6. The number of piperidine rings is 1. The molecule has 28 heavy (non-hydrogen) atoms. The number of amides is 1. The van der Waals surface area contributed by atoms with Gasteiger partial charge in [0, 0.05) is 45.7 Å². The van der Waals surface area contributed by atoms with E-state index >= 15 is 0 Å². The molecule has 7 nitrogen and oxygen atoms in total. The van der Waals surface area contributed by atoms with Crippen LogP contribution in [0.3, 0.4) is 0 Å². The molecule has 2 heterocycles. The molecule has 2 atom stereocenters. The summed E-state index contributed by atoms with van der Waals surface area (Å²) in [6.45, 7) is 6.75. The summed E-state index contributed by atoms with van der Waals surface area (Å²) in [6.07, 6.45) is 2.18. The number of nitrogens with one attached hydrogen (secondary N) is 1. The highest BCUT2D eigenvalue weighted by Crippen LogP contribution is 2.34. The number of ether oxygens (including phenoxy) is 3. The number of fused-ring (bicyclic) bond motifs is 1. The Balaban J connectivity index is 1.56. The molecule has 0 aromatic heterocycles. The molecule has 156 valence electrons. The van der Waals surface area contributed by atoms with Gasteiger partial charge in [-0.25, -0.2) is 0 Å². The van der Waals surface area contributed by atoms with Gasteiger partial charge in [-0.15, -0.1) is 0 Å². The van der Waals surface area contributed by atoms with E-state index in [4.69, 9.17) is 14.2 Å². The van der Waals surface area contributed by atoms with Gasteiger partial charge in [0.1, 0.15) is 0 Å². The normalized spacial score (nSPS) is 22.5. The maximum atomic E-state index is 12.8. The third kappa shape index (κ3) is 5.37. The van der Waals surface area contributed by atoms with E-state index in [0.717, 1.165) is 44.5 Å². The van der Waals surface area contributed by atoms with Crippen LogP contribution in [0.4, 0.5) is 0 Å². The van der Waals surface area contributed by atoms with Gasteiger partial charge in [0.05, 0.1) is 24.9 Å². The zero-order chi connectivity index (χ0) is 19.9. The Morgan fingerprint density at radius 3 is 2.96 bits per heavy atom. The third-order valence-corrected chi connectivity index (χ3v) is 5.39. The van der Waals surface area contributed by atoms with Gasteiger partial charge in [0.25, 0.3) is 5.91 Å². The van der Waals surface area contributed by atoms with E-state index in [1.165, 1.54) is 0 Å². The maximum absolute atomic E-state index is 12.8. The lowest BCUT2D eigenvalue weighted by Crippen LogP contribution is -2.48. The van der Waals surface area contributed by atoms with E-state index in [1.54, 1.807) is 7.11 Å². The molecule has 7 heteroatoms. The average molecular weight is 392 g/mol. The Morgan fingerprint density at radius 1 is 1.36 bits per heavy atom. The molecule has 0 bridgehead atoms. The second-order valence-electron chi connectivity index (χ2n) is 7.66. The van der Waals surface area contributed by atoms with Crippen LogP contribution in [0.5, 0.6) is 11.5 Å². The zero-order valence-corrected chi connectivity index (χ0v) is 16.9. The fraction of sp³-hybridized carbons (Fsp3) is 0.667. The number of aryl methyl sites for hydroxylation is 1. The van der Waals surface area contributed by atoms with E-state index in [2.05, 4.69) is 10.2 Å². The minimum atomic E-state index is -0.439. The topological polar surface area (TPSA) is 80.3 Å². The summed E-state index contributed by atoms with van der Waals surface area (Å²) in [7, 11) is 1.70. The second-order valence-corrected chi connectivity index (χ2v) is 7.66. The van der Waals surface area contributed by atoms with Gasteiger partial charge >= 0.3 is 0 Å². The molecule has 0 unspecified atom stereocenters. The number of hydrogen-bond acceptors (Lipinski definition) is 6. The second kappa shape index (κ2) is 10.1. The molecule has 1 aromatic carbocycles. The van der Waals surface area contributed by atoms with Crippen LogP contribution in [0.25, 0.3) is 0 Å². The molecule has 1 amide bonds. The van der Waals surface area contributed by atoms with Crippen molar-refractivity contribution >= 4 is 5.91 Å². The van der Waals surface area contributed by atoms with E-state index in [0.29, 0.717) is 43.4 Å². The Labute approximate surface area is 166 Å². The first-order valence-electron chi connectivity index (χ1n) is 10.2. The van der Waals surface area contributed by atoms with Crippen molar-refractivity contribution in [2.24, 2.45) is 5.92 Å². The summed E-state index contributed by atoms with van der Waals surface area (Å²) in [5.74, 6) is 1.03. The highest BCUT2D eigenvalue weighted by Gasteiger charge is 2.28. The molecule has 2 aliphatic heterocycles. The molecule has 1 fully saturated rings. The van der Waals surface area contributed by atoms with Gasteiger partial charge in [-0.05, 0) is 44.0 Å². The molecule has 0 spiro atoms. The van der Waals surface area contributed by atoms with Crippen molar-refractivity contribution in [2.75, 3.05) is 53.1 Å². The Kier molecular flexibility index (Phi) is 7.53. The van der Waals surface area contributed by atoms with Crippen molar-refractivity contribution in [3.8, 4) is 11.5 Å². The lowest BCUT2D eigenvalue weighted by molar-refractivity contribution is 0.0192. The SMILES string of the molecule is COCCCN1CC[C@@H](CNC(=O)c2cc(C)cc3c2OCCCO3)[C@H](O)C1. The highest BCUT2D eigenvalue weighted by molar-refractivity contribution is 5.98. The largest absolute Gasteiger partial charge is 0.490 e. The molecule has 0 aliphatic carbocycles. The number of β-amino-alcohol motifs (C(OH)–C–C–N with tert-alkyl or cyclic N) is 1. The summed E-state index contributed by atoms with van der Waals surface area (Å²) >= 11 is 0. The van der Waals surface area contributed by atoms with Gasteiger partial charge in [-0.2, -0.15) is 0 Å². The van der Waals surface area contributed by atoms with Gasteiger partial charge in [-0.1, -0.05) is 0 Å². The van der Waals surface area contributed by atoms with Crippen LogP contribution in [-0.4, -0.2) is 75.1 Å². The van der Waals surface area contributed by atoms with Crippen molar-refractivity contribution < 1.29 is 24.1 Å². The number of benzene rings is 1. The van der Waals surface area contributed by atoms with Gasteiger partial charge < -0.3 is 29.5 Å². The van der Waals surface area contributed by atoms with E-state index < -0.39 is 6.10 Å². The van der Waals surface area contributed by atoms with Gasteiger partial charge in [-0.3, -0.25) is 4.79 Å². The van der Waals surface area contributed by atoms with Crippen LogP contribution in [0.15, 0.2) is 12.1 Å². The summed E-state index contributed by atoms with van der Waals surface area (Å²) in [6, 6.07) is 3.73. The Bertz CT molecular complexity index is 666. The molecule has 2 aliphatic rings. The van der Waals surface area contributed by atoms with Crippen molar-refractivity contribution in [2.45, 2.75) is 32.3 Å². The molecule has 1 saturated heterocycles. The predicted molar refractivity (Wildman–Crippen MR) is 106 cm³/mol. The quantitative estimate of drug-likeness (QED) is 0.687. The predicted octanol–water partition coefficient (Wildman–Crippen LogP) is 1.61. The molecule has 1 aromatic rings. The number of rotatable bonds is 7. The average Bonchev–Trinajstić information content (AvgIpc) is 2.92. The number of carbonyl (C=O) groups excluding carboxylic acids is 1. The molecule has 2 N–H and O–H groups in total. The van der Waals surface area contributed by atoms with Gasteiger partial charge in [0.2, 0.25) is 0 Å². The van der Waals surface area contributed by atoms with Gasteiger partial charge in [0.15, 0.2) is 11.5 Å². The lowest BCUT2D eigenvalue weighted by Gasteiger charge is -2.36. The zero-order valence-electron chi connectivity index (χ0n) is 16.9. The van der Waals surface area contributed by atoms with Crippen LogP contribution in [0.2, 0.25) is 0 Å². The first-order chi connectivity index (χ1) is 13.6. The molecule has 0 saturated carbocycles. The molecular weight excluding hydrogens is 360 g/mol. The number of likely N-dealkylation sites (tertiary alicyclic amines) is 1. The van der Waals surface area contributed by atoms with Crippen molar-refractivity contribution in [3.05, 3.63) is 23.3 Å². The van der Waals surface area contributed by atoms with E-state index in [1.807, 2.05) is 19.1 Å². The van der Waals surface area contributed by atoms with E-state index in [-0.39, 0.29) is 11.8 Å². The number of aliphatic hydroxyl groups excluding tert-OH is 1. The maximum Gasteiger partial charge on any atom is 0.255 e. The summed E-state index contributed by atoms with van der Waals surface area (Å²) in [4.78, 5) is 15.1. The monoisotopic (exact) mass is 392 g/mol. The Hall–Kier alpha value is -1.83. The van der Waals surface area contributed by atoms with Crippen molar-refractivity contribution in [1.82, 2.24) is 10.2 Å². The number of carbonyl (C=O) groups is 1. The van der Waals surface area contributed by atoms with Crippen LogP contribution < -0.4 is 14.8 Å². The lowest BCUT2D eigenvalue weighted by atomic mass is 9.93. The highest BCUT2D eigenvalue weighted by atomic mass is 16.5. The number of aliphatic hydroxyl groups is 1. The minimum Gasteiger partial charge on any atom is -0.490 e. The van der Waals surface area contributed by atoms with Crippen LogP contribution in [0.1, 0.15) is 35.2 Å². The van der Waals surface area contributed by atoms with Crippen LogP contribution >= 0.6 is 0 Å². The van der Waals surface area contributed by atoms with Crippen molar-refractivity contribution in [1.29, 1.82) is 0 Å². The first-order valence-corrected chi connectivity index (χ1v) is 10.2. The Morgan fingerprint density at radius 2 is 2.18 bits per heavy atom. The van der Waals surface area contributed by atoms with Crippen molar-refractivity contribution in [3.63, 3.8) is 0 Å². The standard InChI is InChI=1S/C21H32N2O5/c1-15-11-17(20-19(12-15)27-9-4-10-28-20)21(25)22-13-16-5-7-23(14-18(16)24)6-3-8-26-2/h11-12,16,18,24H,3-10,13-14H2,1-2H3,(H,22,25)/t16-,18+/m0/s1. The third-order valence-electron chi connectivity index (χ3n) is 5.39. The minimum absolute atomic E-state index is 0.0585. The van der Waals surface area contributed by atoms with Crippen LogP contribution in [-0.2, 0) is 4.74 Å². The molecular formula is C21H32N2O5. The van der Waals surface area contributed by atoms with Crippen LogP contribution in [0, 0.1) is 12.8 Å². The van der Waals surface area contributed by atoms with E-state index in [9.17, 15) is 9.90 Å². The fourth-order valence-electron chi connectivity index (χ4n) is 3.82.